The zero-order valence-corrected chi connectivity index (χ0v) is 63.4. The summed E-state index contributed by atoms with van der Waals surface area (Å²) in [6.07, 6.45) is 52.4. The molecule has 3 rings (SSSR count). The molecule has 3 fully saturated rings. The summed E-state index contributed by atoms with van der Waals surface area (Å²) >= 11 is 0. The van der Waals surface area contributed by atoms with E-state index in [2.05, 4.69) is 55.6 Å². The Bertz CT molecular complexity index is 2010. The number of unbranched alkanes of at least 4 members (excludes halogenated alkanes) is 44. The summed E-state index contributed by atoms with van der Waals surface area (Å²) in [4.78, 5) is 13.5. The molecule has 0 spiro atoms. The summed E-state index contributed by atoms with van der Waals surface area (Å²) < 4.78 is 34.5. The Labute approximate surface area is 612 Å². The van der Waals surface area contributed by atoms with Crippen LogP contribution in [0.5, 0.6) is 0 Å². The summed E-state index contributed by atoms with van der Waals surface area (Å²) in [5.41, 5.74) is 0. The fourth-order valence-electron chi connectivity index (χ4n) is 14.0. The SMILES string of the molecule is CCCCCCC/C=C\C/C=C\C/C=C\CCCCCCCCCCCCC(=O)NC(COC1OC(CO)C(OC2OC(CO)C(OC3OC(CO)C(O)C(O)C3O)C(O)C2O)C(O)C1O)C(O)/C=C/CCCCCCCCCCCCCCCCCCCCCCCCCCCCCCC. The van der Waals surface area contributed by atoms with E-state index in [-0.39, 0.29) is 18.9 Å². The number of carbonyl (C=O) groups excluding carboxylic acids is 1. The Morgan fingerprint density at radius 1 is 0.356 bits per heavy atom. The van der Waals surface area contributed by atoms with Gasteiger partial charge >= 0.3 is 0 Å². The molecule has 3 aliphatic heterocycles. The smallest absolute Gasteiger partial charge is 0.220 e. The Morgan fingerprint density at radius 3 is 1.02 bits per heavy atom. The van der Waals surface area contributed by atoms with Crippen LogP contribution in [-0.2, 0) is 33.2 Å². The van der Waals surface area contributed by atoms with Crippen molar-refractivity contribution < 1.29 is 89.4 Å². The first-order chi connectivity index (χ1) is 49.3. The van der Waals surface area contributed by atoms with Crippen LogP contribution < -0.4 is 5.32 Å². The van der Waals surface area contributed by atoms with Gasteiger partial charge in [0.2, 0.25) is 5.91 Å². The Balaban J connectivity index is 1.37. The van der Waals surface area contributed by atoms with Crippen LogP contribution in [0.25, 0.3) is 0 Å². The van der Waals surface area contributed by atoms with Crippen molar-refractivity contribution >= 4 is 5.91 Å². The summed E-state index contributed by atoms with van der Waals surface area (Å²) in [6.45, 7) is 1.77. The van der Waals surface area contributed by atoms with Gasteiger partial charge in [0.25, 0.3) is 0 Å². The van der Waals surface area contributed by atoms with E-state index in [1.807, 2.05) is 6.08 Å². The van der Waals surface area contributed by atoms with E-state index < -0.39 is 124 Å². The molecule has 3 saturated heterocycles. The zero-order chi connectivity index (χ0) is 73.2. The van der Waals surface area contributed by atoms with E-state index in [9.17, 15) is 61.0 Å². The molecule has 19 nitrogen and oxygen atoms in total. The van der Waals surface area contributed by atoms with Gasteiger partial charge in [-0.25, -0.2) is 0 Å². The summed E-state index contributed by atoms with van der Waals surface area (Å²) in [5.74, 6) is -0.276. The third-order valence-electron chi connectivity index (χ3n) is 20.6. The maximum Gasteiger partial charge on any atom is 0.220 e. The maximum absolute atomic E-state index is 13.5. The minimum Gasteiger partial charge on any atom is -0.394 e. The molecule has 3 aliphatic rings. The quantitative estimate of drug-likeness (QED) is 0.0199. The van der Waals surface area contributed by atoms with Gasteiger partial charge in [-0.3, -0.25) is 4.79 Å². The van der Waals surface area contributed by atoms with E-state index >= 15 is 0 Å². The number of nitrogens with one attached hydrogen (secondary N) is 1. The van der Waals surface area contributed by atoms with Gasteiger partial charge < -0.3 is 89.9 Å². The van der Waals surface area contributed by atoms with Gasteiger partial charge in [0, 0.05) is 6.42 Å². The van der Waals surface area contributed by atoms with Crippen molar-refractivity contribution in [2.45, 2.75) is 439 Å². The lowest BCUT2D eigenvalue weighted by Gasteiger charge is -2.48. The molecule has 12 N–H and O–H groups in total. The summed E-state index contributed by atoms with van der Waals surface area (Å²) in [5, 5.41) is 121. The highest BCUT2D eigenvalue weighted by Crippen LogP contribution is 2.33. The topological polar surface area (TPSA) is 307 Å². The lowest BCUT2D eigenvalue weighted by Crippen LogP contribution is -2.66. The van der Waals surface area contributed by atoms with E-state index in [4.69, 9.17) is 28.4 Å². The molecule has 19 heteroatoms. The van der Waals surface area contributed by atoms with Gasteiger partial charge in [0.15, 0.2) is 18.9 Å². The highest BCUT2D eigenvalue weighted by Gasteiger charge is 2.54. The number of hydrogen-bond acceptors (Lipinski definition) is 18. The Morgan fingerprint density at radius 2 is 0.653 bits per heavy atom. The van der Waals surface area contributed by atoms with Crippen molar-refractivity contribution in [3.8, 4) is 0 Å². The molecule has 0 saturated carbocycles. The first-order valence-electron chi connectivity index (χ1n) is 41.4. The maximum atomic E-state index is 13.5. The van der Waals surface area contributed by atoms with Crippen molar-refractivity contribution in [1.82, 2.24) is 5.32 Å². The fourth-order valence-corrected chi connectivity index (χ4v) is 14.0. The molecular weight excluding hydrogens is 1290 g/mol. The average Bonchev–Trinajstić information content (AvgIpc) is 0.782. The number of amides is 1. The predicted molar refractivity (Wildman–Crippen MR) is 402 cm³/mol. The van der Waals surface area contributed by atoms with Crippen LogP contribution in [-0.4, -0.2) is 193 Å². The monoisotopic (exact) mass is 1440 g/mol. The van der Waals surface area contributed by atoms with E-state index in [0.29, 0.717) is 6.42 Å². The number of aliphatic hydroxyl groups excluding tert-OH is 11. The molecule has 592 valence electrons. The van der Waals surface area contributed by atoms with Crippen LogP contribution in [0, 0.1) is 0 Å². The van der Waals surface area contributed by atoms with E-state index in [1.165, 1.54) is 238 Å². The van der Waals surface area contributed by atoms with Crippen molar-refractivity contribution in [1.29, 1.82) is 0 Å². The Kier molecular flexibility index (Phi) is 57.8. The Hall–Kier alpha value is -2.25. The third-order valence-corrected chi connectivity index (χ3v) is 20.6. The van der Waals surface area contributed by atoms with Crippen LogP contribution in [0.4, 0.5) is 0 Å². The standard InChI is InChI=1S/C82H151NO18/c1-3-5-7-9-11-13-15-17-19-21-23-25-27-29-30-31-32-33-34-36-37-39-41-43-45-47-49-51-53-55-57-59-66(87)65(83-70(88)60-58-56-54-52-50-48-46-44-42-40-38-35-28-26-24-22-20-18-16-14-12-10-8-6-4-2)64-96-80-76(94)73(91)78(68(62-85)98-80)101-82-77(95)74(92)79(69(63-86)99-82)100-81-75(93)72(90)71(89)67(61-84)97-81/h16,18,22,24,28,35,57,59,65-69,71-82,84-87,89-95H,3-15,17,19-21,23,25-27,29-34,36-56,58,60-64H2,1-2H3,(H,83,88)/b18-16-,24-22-,35-28-,59-57+. The van der Waals surface area contributed by atoms with Gasteiger partial charge in [-0.15, -0.1) is 0 Å². The highest BCUT2D eigenvalue weighted by molar-refractivity contribution is 5.76. The number of ether oxygens (including phenoxy) is 6. The predicted octanol–water partition coefficient (Wildman–Crippen LogP) is 14.1. The second-order valence-electron chi connectivity index (χ2n) is 29.6. The second kappa shape index (κ2) is 62.8. The van der Waals surface area contributed by atoms with Gasteiger partial charge in [0.1, 0.15) is 73.2 Å². The molecule has 0 aromatic carbocycles. The molecule has 0 aliphatic carbocycles. The van der Waals surface area contributed by atoms with Crippen LogP contribution in [0.15, 0.2) is 48.6 Å². The minimum absolute atomic E-state index is 0.238. The van der Waals surface area contributed by atoms with E-state index in [0.717, 1.165) is 70.6 Å². The van der Waals surface area contributed by atoms with Crippen LogP contribution in [0.3, 0.4) is 0 Å². The van der Waals surface area contributed by atoms with Gasteiger partial charge in [-0.05, 0) is 57.8 Å². The molecule has 0 aromatic heterocycles. The fraction of sp³-hybridized carbons (Fsp3) is 0.890. The molecule has 1 amide bonds. The first kappa shape index (κ1) is 93.0. The zero-order valence-electron chi connectivity index (χ0n) is 63.4. The van der Waals surface area contributed by atoms with Crippen LogP contribution in [0.2, 0.25) is 0 Å². The number of rotatable bonds is 66. The van der Waals surface area contributed by atoms with Crippen LogP contribution in [0.1, 0.15) is 335 Å². The third kappa shape index (κ3) is 42.8. The molecule has 3 heterocycles. The molecule has 17 unspecified atom stereocenters. The summed E-state index contributed by atoms with van der Waals surface area (Å²) in [6, 6.07) is -0.979. The lowest BCUT2D eigenvalue weighted by molar-refractivity contribution is -0.379. The lowest BCUT2D eigenvalue weighted by atomic mass is 9.96. The highest BCUT2D eigenvalue weighted by atomic mass is 16.8. The molecule has 0 aromatic rings. The summed E-state index contributed by atoms with van der Waals surface area (Å²) in [7, 11) is 0. The molecular formula is C82H151NO18. The van der Waals surface area contributed by atoms with Crippen molar-refractivity contribution in [3.05, 3.63) is 48.6 Å². The molecule has 0 bridgehead atoms. The number of aliphatic hydroxyl groups is 11. The normalized spacial score (nSPS) is 26.5. The van der Waals surface area contributed by atoms with Gasteiger partial charge in [0.05, 0.1) is 38.6 Å². The number of carbonyl (C=O) groups is 1. The molecule has 101 heavy (non-hydrogen) atoms. The van der Waals surface area contributed by atoms with Crippen molar-refractivity contribution in [2.75, 3.05) is 26.4 Å². The minimum atomic E-state index is -1.98. The average molecular weight is 1440 g/mol. The molecule has 0 radical (unpaired) electrons. The second-order valence-corrected chi connectivity index (χ2v) is 29.6. The van der Waals surface area contributed by atoms with Crippen molar-refractivity contribution in [2.24, 2.45) is 0 Å². The number of hydrogen-bond donors (Lipinski definition) is 12. The van der Waals surface area contributed by atoms with Gasteiger partial charge in [-0.2, -0.15) is 0 Å². The largest absolute Gasteiger partial charge is 0.394 e. The number of allylic oxidation sites excluding steroid dienone is 7. The molecule has 17 atom stereocenters. The van der Waals surface area contributed by atoms with E-state index in [1.54, 1.807) is 6.08 Å². The van der Waals surface area contributed by atoms with Crippen molar-refractivity contribution in [3.63, 3.8) is 0 Å². The first-order valence-corrected chi connectivity index (χ1v) is 41.4. The van der Waals surface area contributed by atoms with Crippen LogP contribution >= 0.6 is 0 Å². The van der Waals surface area contributed by atoms with Gasteiger partial charge in [-0.1, -0.05) is 319 Å².